The summed E-state index contributed by atoms with van der Waals surface area (Å²) in [6.45, 7) is 0.0609. The van der Waals surface area contributed by atoms with Gasteiger partial charge in [-0.2, -0.15) is 0 Å². The average molecular weight is 521 g/mol. The van der Waals surface area contributed by atoms with Crippen LogP contribution in [0.2, 0.25) is 0 Å². The van der Waals surface area contributed by atoms with E-state index in [-0.39, 0.29) is 24.6 Å². The number of aromatic amines is 1. The number of hydrogen-bond acceptors (Lipinski definition) is 6. The van der Waals surface area contributed by atoms with Crippen LogP contribution >= 0.6 is 0 Å². The number of amides is 2. The number of nitrogens with two attached hydrogens (primary N) is 2. The molecule has 2 heterocycles. The van der Waals surface area contributed by atoms with Crippen molar-refractivity contribution in [1.82, 2.24) is 20.6 Å². The van der Waals surface area contributed by atoms with Crippen LogP contribution in [0.4, 0.5) is 0 Å². The predicted molar refractivity (Wildman–Crippen MR) is 152 cm³/mol. The summed E-state index contributed by atoms with van der Waals surface area (Å²) in [5.41, 5.74) is 15.7. The third kappa shape index (κ3) is 5.52. The number of aromatic nitrogens is 2. The standard InChI is InChI=1S/C30H28N6O3/c31-15-23(32)17-35-30(39)26(13-22-16-34-25-9-2-1-8-24(22)25)36-29(38)20-6-3-5-18(11-20)21-12-19-7-4-10-33-28(19)27(37)14-21/h1-12,14-16,26,34,37H,13,17,31-32H2,(H,35,39)(H,36,38)/b23-15-. The second kappa shape index (κ2) is 11.0. The second-order valence-electron chi connectivity index (χ2n) is 9.20. The van der Waals surface area contributed by atoms with Crippen LogP contribution in [-0.4, -0.2) is 39.5 Å². The Morgan fingerprint density at radius 3 is 2.72 bits per heavy atom. The number of H-pyrrole nitrogens is 1. The van der Waals surface area contributed by atoms with Gasteiger partial charge < -0.3 is 32.2 Å². The van der Waals surface area contributed by atoms with Gasteiger partial charge in [0, 0.05) is 52.6 Å². The van der Waals surface area contributed by atoms with E-state index in [1.54, 1.807) is 36.5 Å². The number of nitrogens with one attached hydrogen (secondary N) is 3. The highest BCUT2D eigenvalue weighted by Gasteiger charge is 2.23. The highest BCUT2D eigenvalue weighted by atomic mass is 16.3. The van der Waals surface area contributed by atoms with Gasteiger partial charge in [-0.3, -0.25) is 14.6 Å². The van der Waals surface area contributed by atoms with Gasteiger partial charge in [-0.15, -0.1) is 0 Å². The summed E-state index contributed by atoms with van der Waals surface area (Å²) in [5, 5.41) is 17.8. The third-order valence-electron chi connectivity index (χ3n) is 6.54. The first-order chi connectivity index (χ1) is 18.9. The smallest absolute Gasteiger partial charge is 0.251 e. The van der Waals surface area contributed by atoms with Gasteiger partial charge in [0.05, 0.1) is 6.54 Å². The fourth-order valence-corrected chi connectivity index (χ4v) is 4.52. The fourth-order valence-electron chi connectivity index (χ4n) is 4.52. The van der Waals surface area contributed by atoms with Gasteiger partial charge in [-0.05, 0) is 53.1 Å². The highest BCUT2D eigenvalue weighted by molar-refractivity contribution is 5.99. The number of hydrogen-bond donors (Lipinski definition) is 6. The molecule has 39 heavy (non-hydrogen) atoms. The van der Waals surface area contributed by atoms with E-state index in [0.29, 0.717) is 16.8 Å². The topological polar surface area (TPSA) is 159 Å². The lowest BCUT2D eigenvalue weighted by molar-refractivity contribution is -0.122. The van der Waals surface area contributed by atoms with E-state index >= 15 is 0 Å². The van der Waals surface area contributed by atoms with Crippen molar-refractivity contribution in [3.63, 3.8) is 0 Å². The number of phenols is 1. The van der Waals surface area contributed by atoms with Crippen molar-refractivity contribution in [2.45, 2.75) is 12.5 Å². The number of benzene rings is 3. The minimum Gasteiger partial charge on any atom is -0.506 e. The minimum absolute atomic E-state index is 0.0548. The van der Waals surface area contributed by atoms with E-state index in [0.717, 1.165) is 33.0 Å². The summed E-state index contributed by atoms with van der Waals surface area (Å²) in [4.78, 5) is 34.0. The molecule has 2 aromatic heterocycles. The number of fused-ring (bicyclic) bond motifs is 2. The monoisotopic (exact) mass is 520 g/mol. The molecular weight excluding hydrogens is 492 g/mol. The van der Waals surface area contributed by atoms with Crippen LogP contribution in [0.15, 0.2) is 97.1 Å². The molecule has 5 aromatic rings. The molecule has 5 rings (SSSR count). The Hall–Kier alpha value is -5.31. The van der Waals surface area contributed by atoms with Crippen LogP contribution in [0, 0.1) is 0 Å². The van der Waals surface area contributed by atoms with Crippen molar-refractivity contribution < 1.29 is 14.7 Å². The second-order valence-corrected chi connectivity index (χ2v) is 9.20. The van der Waals surface area contributed by atoms with Crippen molar-refractivity contribution in [2.24, 2.45) is 11.5 Å². The molecule has 3 aromatic carbocycles. The van der Waals surface area contributed by atoms with Gasteiger partial charge in [-0.1, -0.05) is 36.4 Å². The molecule has 0 radical (unpaired) electrons. The van der Waals surface area contributed by atoms with Crippen molar-refractivity contribution in [1.29, 1.82) is 0 Å². The predicted octanol–water partition coefficient (Wildman–Crippen LogP) is 3.30. The zero-order valence-electron chi connectivity index (χ0n) is 21.0. The highest BCUT2D eigenvalue weighted by Crippen LogP contribution is 2.31. The summed E-state index contributed by atoms with van der Waals surface area (Å²) >= 11 is 0. The largest absolute Gasteiger partial charge is 0.506 e. The Kier molecular flexibility index (Phi) is 7.13. The van der Waals surface area contributed by atoms with E-state index < -0.39 is 11.9 Å². The molecule has 1 atom stereocenters. The van der Waals surface area contributed by atoms with Crippen molar-refractivity contribution in [3.05, 3.63) is 108 Å². The van der Waals surface area contributed by atoms with Crippen LogP contribution in [0.1, 0.15) is 15.9 Å². The van der Waals surface area contributed by atoms with Crippen molar-refractivity contribution in [2.75, 3.05) is 6.54 Å². The molecule has 0 aliphatic rings. The molecule has 0 saturated heterocycles. The Balaban J connectivity index is 1.41. The maximum absolute atomic E-state index is 13.4. The molecule has 1 unspecified atom stereocenters. The van der Waals surface area contributed by atoms with E-state index in [1.165, 1.54) is 6.20 Å². The summed E-state index contributed by atoms with van der Waals surface area (Å²) in [7, 11) is 0. The van der Waals surface area contributed by atoms with Gasteiger partial charge in [0.15, 0.2) is 0 Å². The van der Waals surface area contributed by atoms with E-state index in [4.69, 9.17) is 11.5 Å². The lowest BCUT2D eigenvalue weighted by Crippen LogP contribution is -2.48. The lowest BCUT2D eigenvalue weighted by atomic mass is 10.00. The normalized spacial score (nSPS) is 12.4. The Morgan fingerprint density at radius 2 is 1.87 bits per heavy atom. The third-order valence-corrected chi connectivity index (χ3v) is 6.54. The molecule has 0 spiro atoms. The quantitative estimate of drug-likeness (QED) is 0.184. The number of carbonyl (C=O) groups is 2. The number of aromatic hydroxyl groups is 1. The van der Waals surface area contributed by atoms with Gasteiger partial charge in [0.2, 0.25) is 5.91 Å². The average Bonchev–Trinajstić information content (AvgIpc) is 3.38. The van der Waals surface area contributed by atoms with Crippen LogP contribution < -0.4 is 22.1 Å². The van der Waals surface area contributed by atoms with Gasteiger partial charge >= 0.3 is 0 Å². The van der Waals surface area contributed by atoms with E-state index in [1.807, 2.05) is 48.7 Å². The molecule has 9 heteroatoms. The number of carbonyl (C=O) groups excluding carboxylic acids is 2. The Morgan fingerprint density at radius 1 is 1.03 bits per heavy atom. The zero-order chi connectivity index (χ0) is 27.4. The first-order valence-corrected chi connectivity index (χ1v) is 12.4. The number of pyridine rings is 1. The Labute approximate surface area is 224 Å². The minimum atomic E-state index is -0.873. The van der Waals surface area contributed by atoms with E-state index in [2.05, 4.69) is 20.6 Å². The van der Waals surface area contributed by atoms with Crippen LogP contribution in [0.25, 0.3) is 32.9 Å². The first kappa shape index (κ1) is 25.3. The first-order valence-electron chi connectivity index (χ1n) is 12.4. The maximum atomic E-state index is 13.4. The van der Waals surface area contributed by atoms with E-state index in [9.17, 15) is 14.7 Å². The summed E-state index contributed by atoms with van der Waals surface area (Å²) < 4.78 is 0. The number of rotatable bonds is 8. The maximum Gasteiger partial charge on any atom is 0.251 e. The fraction of sp³-hybridized carbons (Fsp3) is 0.100. The molecule has 0 fully saturated rings. The molecule has 8 N–H and O–H groups in total. The zero-order valence-corrected chi connectivity index (χ0v) is 21.0. The van der Waals surface area contributed by atoms with Crippen molar-refractivity contribution in [3.8, 4) is 16.9 Å². The SMILES string of the molecule is N/C=C(\N)CNC(=O)C(Cc1c[nH]c2ccccc12)NC(=O)c1cccc(-c2cc(O)c3ncccc3c2)c1. The molecule has 196 valence electrons. The van der Waals surface area contributed by atoms with Gasteiger partial charge in [0.1, 0.15) is 17.3 Å². The van der Waals surface area contributed by atoms with Crippen LogP contribution in [0.5, 0.6) is 5.75 Å². The molecule has 9 nitrogen and oxygen atoms in total. The lowest BCUT2D eigenvalue weighted by Gasteiger charge is -2.19. The number of para-hydroxylation sites is 1. The van der Waals surface area contributed by atoms with Gasteiger partial charge in [0.25, 0.3) is 5.91 Å². The van der Waals surface area contributed by atoms with Crippen LogP contribution in [-0.2, 0) is 11.2 Å². The van der Waals surface area contributed by atoms with Crippen molar-refractivity contribution >= 4 is 33.6 Å². The number of nitrogens with zero attached hydrogens (tertiary/aromatic N) is 1. The summed E-state index contributed by atoms with van der Waals surface area (Å²) in [6, 6.07) is 21.1. The molecule has 2 amide bonds. The molecule has 0 bridgehead atoms. The van der Waals surface area contributed by atoms with Gasteiger partial charge in [-0.25, -0.2) is 0 Å². The summed E-state index contributed by atoms with van der Waals surface area (Å²) in [6.07, 6.45) is 4.95. The molecule has 0 aliphatic heterocycles. The van der Waals surface area contributed by atoms with Crippen LogP contribution in [0.3, 0.4) is 0 Å². The molecule has 0 saturated carbocycles. The molecular formula is C30H28N6O3. The molecule has 0 aliphatic carbocycles. The summed E-state index contributed by atoms with van der Waals surface area (Å²) in [5.74, 6) is -0.744. The Bertz CT molecular complexity index is 1710. The number of phenolic OH excluding ortho intramolecular Hbond substituents is 1.